The van der Waals surface area contributed by atoms with E-state index in [1.54, 1.807) is 19.1 Å². The number of nitrogens with one attached hydrogen (secondary N) is 1. The molecule has 0 aliphatic heterocycles. The van der Waals surface area contributed by atoms with Crippen LogP contribution >= 0.6 is 0 Å². The van der Waals surface area contributed by atoms with Crippen molar-refractivity contribution >= 4 is 0 Å². The number of hydrogen-bond donors (Lipinski definition) is 2. The van der Waals surface area contributed by atoms with Crippen LogP contribution in [-0.4, -0.2) is 0 Å². The molecule has 0 amide bonds. The molecule has 0 saturated heterocycles. The van der Waals surface area contributed by atoms with Crippen LogP contribution < -0.4 is 11.3 Å². The largest absolute Gasteiger partial charge is 0.271 e. The van der Waals surface area contributed by atoms with Gasteiger partial charge in [0.1, 0.15) is 17.5 Å². The summed E-state index contributed by atoms with van der Waals surface area (Å²) >= 11 is 0. The van der Waals surface area contributed by atoms with Crippen LogP contribution in [0, 0.1) is 24.4 Å². The van der Waals surface area contributed by atoms with E-state index < -0.39 is 17.7 Å². The lowest BCUT2D eigenvalue weighted by Gasteiger charge is -2.18. The number of hydrazine groups is 1. The SMILES string of the molecule is Cc1cc(C(Cc2ccc(F)cc2)NN)c(F)cc1F. The summed E-state index contributed by atoms with van der Waals surface area (Å²) < 4.78 is 40.0. The van der Waals surface area contributed by atoms with E-state index >= 15 is 0 Å². The van der Waals surface area contributed by atoms with E-state index in [4.69, 9.17) is 5.84 Å². The molecule has 0 heterocycles. The molecule has 0 radical (unpaired) electrons. The van der Waals surface area contributed by atoms with Crippen molar-refractivity contribution in [1.82, 2.24) is 5.43 Å². The maximum atomic E-state index is 13.8. The summed E-state index contributed by atoms with van der Waals surface area (Å²) in [5.41, 5.74) is 3.95. The fourth-order valence-corrected chi connectivity index (χ4v) is 2.06. The Morgan fingerprint density at radius 2 is 1.70 bits per heavy atom. The summed E-state index contributed by atoms with van der Waals surface area (Å²) in [5.74, 6) is 3.87. The number of halogens is 3. The summed E-state index contributed by atoms with van der Waals surface area (Å²) in [5, 5.41) is 0. The van der Waals surface area contributed by atoms with Gasteiger partial charge < -0.3 is 0 Å². The third kappa shape index (κ3) is 3.18. The van der Waals surface area contributed by atoms with Gasteiger partial charge in [-0.15, -0.1) is 0 Å². The smallest absolute Gasteiger partial charge is 0.130 e. The Balaban J connectivity index is 2.28. The fourth-order valence-electron chi connectivity index (χ4n) is 2.06. The first-order valence-corrected chi connectivity index (χ1v) is 6.17. The summed E-state index contributed by atoms with van der Waals surface area (Å²) in [7, 11) is 0. The van der Waals surface area contributed by atoms with Crippen molar-refractivity contribution in [3.63, 3.8) is 0 Å². The Hall–Kier alpha value is -1.85. The second kappa shape index (κ2) is 6.07. The zero-order chi connectivity index (χ0) is 14.7. The van der Waals surface area contributed by atoms with Crippen LogP contribution in [0.5, 0.6) is 0 Å². The minimum atomic E-state index is -0.654. The standard InChI is InChI=1S/C15H15F3N2/c1-9-6-12(14(18)8-13(9)17)15(20-19)7-10-2-4-11(16)5-3-10/h2-6,8,15,20H,7,19H2,1H3. The van der Waals surface area contributed by atoms with E-state index in [1.165, 1.54) is 18.2 Å². The normalized spacial score (nSPS) is 12.4. The quantitative estimate of drug-likeness (QED) is 0.667. The highest BCUT2D eigenvalue weighted by Gasteiger charge is 2.17. The number of rotatable bonds is 4. The number of aryl methyl sites for hydroxylation is 1. The minimum Gasteiger partial charge on any atom is -0.271 e. The van der Waals surface area contributed by atoms with Crippen LogP contribution in [0.3, 0.4) is 0 Å². The molecular formula is C15H15F3N2. The molecule has 3 N–H and O–H groups in total. The van der Waals surface area contributed by atoms with Crippen molar-refractivity contribution in [2.45, 2.75) is 19.4 Å². The molecular weight excluding hydrogens is 265 g/mol. The Kier molecular flexibility index (Phi) is 4.42. The van der Waals surface area contributed by atoms with E-state index in [0.717, 1.165) is 11.6 Å². The van der Waals surface area contributed by atoms with Gasteiger partial charge in [0.05, 0.1) is 6.04 Å². The molecule has 0 bridgehead atoms. The Morgan fingerprint density at radius 3 is 2.30 bits per heavy atom. The lowest BCUT2D eigenvalue weighted by molar-refractivity contribution is 0.500. The van der Waals surface area contributed by atoms with E-state index in [9.17, 15) is 13.2 Å². The molecule has 0 fully saturated rings. The third-order valence-electron chi connectivity index (χ3n) is 3.21. The van der Waals surface area contributed by atoms with Gasteiger partial charge in [0.25, 0.3) is 0 Å². The molecule has 2 aromatic rings. The molecule has 0 aliphatic carbocycles. The third-order valence-corrected chi connectivity index (χ3v) is 3.21. The minimum absolute atomic E-state index is 0.288. The fraction of sp³-hybridized carbons (Fsp3) is 0.200. The Bertz CT molecular complexity index is 597. The molecule has 2 rings (SSSR count). The van der Waals surface area contributed by atoms with Gasteiger partial charge in [-0.2, -0.15) is 0 Å². The van der Waals surface area contributed by atoms with E-state index in [-0.39, 0.29) is 11.4 Å². The second-order valence-corrected chi connectivity index (χ2v) is 4.67. The average Bonchev–Trinajstić information content (AvgIpc) is 2.43. The van der Waals surface area contributed by atoms with Gasteiger partial charge >= 0.3 is 0 Å². The predicted molar refractivity (Wildman–Crippen MR) is 71.3 cm³/mol. The van der Waals surface area contributed by atoms with Crippen LogP contribution in [0.25, 0.3) is 0 Å². The molecule has 2 nitrogen and oxygen atoms in total. The maximum absolute atomic E-state index is 13.8. The first-order chi connectivity index (χ1) is 9.51. The van der Waals surface area contributed by atoms with Crippen molar-refractivity contribution < 1.29 is 13.2 Å². The van der Waals surface area contributed by atoms with E-state index in [0.29, 0.717) is 12.0 Å². The van der Waals surface area contributed by atoms with Crippen LogP contribution in [0.4, 0.5) is 13.2 Å². The number of benzene rings is 2. The van der Waals surface area contributed by atoms with Crippen molar-refractivity contribution in [2.24, 2.45) is 5.84 Å². The Labute approximate surface area is 115 Å². The topological polar surface area (TPSA) is 38.0 Å². The van der Waals surface area contributed by atoms with E-state index in [2.05, 4.69) is 5.43 Å². The van der Waals surface area contributed by atoms with Gasteiger partial charge in [-0.3, -0.25) is 11.3 Å². The zero-order valence-corrected chi connectivity index (χ0v) is 11.0. The molecule has 0 aromatic heterocycles. The molecule has 1 atom stereocenters. The van der Waals surface area contributed by atoms with Crippen LogP contribution in [0.2, 0.25) is 0 Å². The van der Waals surface area contributed by atoms with Gasteiger partial charge in [-0.25, -0.2) is 13.2 Å². The van der Waals surface area contributed by atoms with Crippen LogP contribution in [-0.2, 0) is 6.42 Å². The van der Waals surface area contributed by atoms with Gasteiger partial charge in [-0.1, -0.05) is 12.1 Å². The predicted octanol–water partition coefficient (Wildman–Crippen LogP) is 3.16. The molecule has 1 unspecified atom stereocenters. The monoisotopic (exact) mass is 280 g/mol. The highest BCUT2D eigenvalue weighted by molar-refractivity contribution is 5.30. The summed E-state index contributed by atoms with van der Waals surface area (Å²) in [6.45, 7) is 1.56. The molecule has 2 aromatic carbocycles. The molecule has 5 heteroatoms. The van der Waals surface area contributed by atoms with Crippen molar-refractivity contribution in [3.05, 3.63) is 70.5 Å². The average molecular weight is 280 g/mol. The lowest BCUT2D eigenvalue weighted by Crippen LogP contribution is -2.30. The molecule has 0 aliphatic rings. The summed E-state index contributed by atoms with van der Waals surface area (Å²) in [6.07, 6.45) is 0.374. The highest BCUT2D eigenvalue weighted by Crippen LogP contribution is 2.23. The van der Waals surface area contributed by atoms with Crippen molar-refractivity contribution in [3.8, 4) is 0 Å². The van der Waals surface area contributed by atoms with Crippen LogP contribution in [0.1, 0.15) is 22.7 Å². The Morgan fingerprint density at radius 1 is 1.05 bits per heavy atom. The molecule has 0 spiro atoms. The van der Waals surface area contributed by atoms with Gasteiger partial charge in [0, 0.05) is 11.6 Å². The molecule has 0 saturated carbocycles. The van der Waals surface area contributed by atoms with Crippen molar-refractivity contribution in [1.29, 1.82) is 0 Å². The molecule has 106 valence electrons. The van der Waals surface area contributed by atoms with Gasteiger partial charge in [0.15, 0.2) is 0 Å². The van der Waals surface area contributed by atoms with Crippen LogP contribution in [0.15, 0.2) is 36.4 Å². The summed E-state index contributed by atoms with van der Waals surface area (Å²) in [4.78, 5) is 0. The first kappa shape index (κ1) is 14.6. The molecule has 20 heavy (non-hydrogen) atoms. The summed E-state index contributed by atoms with van der Waals surface area (Å²) in [6, 6.07) is 7.63. The maximum Gasteiger partial charge on any atom is 0.130 e. The number of nitrogens with two attached hydrogens (primary N) is 1. The highest BCUT2D eigenvalue weighted by atomic mass is 19.1. The number of hydrogen-bond acceptors (Lipinski definition) is 2. The lowest BCUT2D eigenvalue weighted by atomic mass is 9.97. The van der Waals surface area contributed by atoms with Gasteiger partial charge in [-0.05, 0) is 42.7 Å². The van der Waals surface area contributed by atoms with E-state index in [1.807, 2.05) is 0 Å². The first-order valence-electron chi connectivity index (χ1n) is 6.17. The van der Waals surface area contributed by atoms with Gasteiger partial charge in [0.2, 0.25) is 0 Å². The van der Waals surface area contributed by atoms with Crippen molar-refractivity contribution in [2.75, 3.05) is 0 Å². The second-order valence-electron chi connectivity index (χ2n) is 4.67. The zero-order valence-electron chi connectivity index (χ0n) is 11.0.